The smallest absolute Gasteiger partial charge is 0.280 e. The van der Waals surface area contributed by atoms with Gasteiger partial charge in [0, 0.05) is 6.07 Å². The van der Waals surface area contributed by atoms with Gasteiger partial charge in [-0.05, 0) is 35.9 Å². The van der Waals surface area contributed by atoms with E-state index in [0.717, 1.165) is 5.56 Å². The third-order valence-electron chi connectivity index (χ3n) is 3.64. The summed E-state index contributed by atoms with van der Waals surface area (Å²) in [5.74, 6) is 0.860. The predicted octanol–water partition coefficient (Wildman–Crippen LogP) is 5.07. The third-order valence-corrected chi connectivity index (χ3v) is 4.38. The molecule has 6 nitrogen and oxygen atoms in total. The van der Waals surface area contributed by atoms with Gasteiger partial charge in [-0.2, -0.15) is 0 Å². The first-order valence-electron chi connectivity index (χ1n) is 7.53. The van der Waals surface area contributed by atoms with E-state index in [1.54, 1.807) is 48.5 Å². The van der Waals surface area contributed by atoms with Crippen molar-refractivity contribution in [2.75, 3.05) is 0 Å². The molecule has 0 fully saturated rings. The van der Waals surface area contributed by atoms with E-state index >= 15 is 0 Å². The molecule has 0 saturated heterocycles. The predicted molar refractivity (Wildman–Crippen MR) is 102 cm³/mol. The molecule has 26 heavy (non-hydrogen) atoms. The Hall–Kier alpha value is -2.83. The fourth-order valence-corrected chi connectivity index (χ4v) is 2.67. The second-order valence-corrected chi connectivity index (χ2v) is 6.20. The number of halogens is 2. The lowest BCUT2D eigenvalue weighted by molar-refractivity contribution is -0.384. The van der Waals surface area contributed by atoms with Gasteiger partial charge >= 0.3 is 0 Å². The summed E-state index contributed by atoms with van der Waals surface area (Å²) in [6, 6.07) is 14.8. The molecule has 3 rings (SSSR count). The lowest BCUT2D eigenvalue weighted by Gasteiger charge is -2.02. The number of amidine groups is 1. The highest BCUT2D eigenvalue weighted by Gasteiger charge is 2.17. The average Bonchev–Trinajstić information content (AvgIpc) is 3.12. The van der Waals surface area contributed by atoms with E-state index in [1.807, 2.05) is 0 Å². The van der Waals surface area contributed by atoms with Crippen LogP contribution in [0.25, 0.3) is 11.3 Å². The van der Waals surface area contributed by atoms with Crippen molar-refractivity contribution in [1.29, 1.82) is 0 Å². The second kappa shape index (κ2) is 7.59. The zero-order valence-electron chi connectivity index (χ0n) is 13.4. The maximum absolute atomic E-state index is 11.1. The molecule has 2 aromatic carbocycles. The first-order valence-corrected chi connectivity index (χ1v) is 8.29. The molecule has 0 spiro atoms. The van der Waals surface area contributed by atoms with E-state index in [-0.39, 0.29) is 11.5 Å². The fraction of sp³-hybridized carbons (Fsp3) is 0.0556. The number of hydrogen-bond donors (Lipinski definition) is 1. The fourth-order valence-electron chi connectivity index (χ4n) is 2.35. The molecule has 2 N–H and O–H groups in total. The number of aliphatic imine (C=N–C) groups is 1. The summed E-state index contributed by atoms with van der Waals surface area (Å²) in [5, 5.41) is 12.0. The Kier molecular flexibility index (Phi) is 5.25. The van der Waals surface area contributed by atoms with Gasteiger partial charge in [0.05, 0.1) is 27.1 Å². The summed E-state index contributed by atoms with van der Waals surface area (Å²) >= 11 is 11.9. The summed E-state index contributed by atoms with van der Waals surface area (Å²) in [6.45, 7) is 0.296. The number of nitrogens with two attached hydrogens (primary N) is 1. The van der Waals surface area contributed by atoms with Crippen molar-refractivity contribution in [2.45, 2.75) is 6.54 Å². The minimum atomic E-state index is -0.459. The second-order valence-electron chi connectivity index (χ2n) is 5.39. The number of benzene rings is 2. The standard InChI is InChI=1S/C18H13Cl2N3O3/c19-13-6-5-11(9-14(13)20)10-22-18(21)17-8-7-16(26-17)12-3-1-2-4-15(12)23(24)25/h1-9H,10H2,(H2,21,22). The van der Waals surface area contributed by atoms with Crippen molar-refractivity contribution in [3.05, 3.63) is 86.1 Å². The molecular formula is C18H13Cl2N3O3. The summed E-state index contributed by atoms with van der Waals surface area (Å²) in [5.41, 5.74) is 7.14. The van der Waals surface area contributed by atoms with Crippen LogP contribution in [0.2, 0.25) is 10.0 Å². The first kappa shape index (κ1) is 18.0. The van der Waals surface area contributed by atoms with Crippen molar-refractivity contribution in [3.8, 4) is 11.3 Å². The van der Waals surface area contributed by atoms with Crippen molar-refractivity contribution >= 4 is 34.7 Å². The van der Waals surface area contributed by atoms with Crippen LogP contribution in [0.5, 0.6) is 0 Å². The van der Waals surface area contributed by atoms with Gasteiger partial charge in [0.2, 0.25) is 0 Å². The molecule has 1 aromatic heterocycles. The van der Waals surface area contributed by atoms with Crippen LogP contribution in [0.1, 0.15) is 11.3 Å². The van der Waals surface area contributed by atoms with E-state index in [0.29, 0.717) is 33.7 Å². The van der Waals surface area contributed by atoms with Crippen LogP contribution in [0.15, 0.2) is 64.0 Å². The molecule has 0 aliphatic carbocycles. The number of nitrogens with zero attached hydrogens (tertiary/aromatic N) is 2. The van der Waals surface area contributed by atoms with Crippen molar-refractivity contribution in [3.63, 3.8) is 0 Å². The summed E-state index contributed by atoms with van der Waals surface area (Å²) in [6.07, 6.45) is 0. The molecule has 0 atom stereocenters. The Morgan fingerprint density at radius 1 is 1.12 bits per heavy atom. The normalized spacial score (nSPS) is 11.5. The Morgan fingerprint density at radius 3 is 2.62 bits per heavy atom. The van der Waals surface area contributed by atoms with Crippen LogP contribution in [0, 0.1) is 10.1 Å². The van der Waals surface area contributed by atoms with Gasteiger partial charge in [0.25, 0.3) is 5.69 Å². The molecule has 0 amide bonds. The maximum atomic E-state index is 11.1. The molecule has 0 aliphatic rings. The van der Waals surface area contributed by atoms with Crippen molar-refractivity contribution in [1.82, 2.24) is 0 Å². The topological polar surface area (TPSA) is 94.7 Å². The minimum absolute atomic E-state index is 0.0419. The van der Waals surface area contributed by atoms with Gasteiger partial charge in [-0.15, -0.1) is 0 Å². The van der Waals surface area contributed by atoms with Gasteiger partial charge < -0.3 is 10.2 Å². The molecule has 132 valence electrons. The van der Waals surface area contributed by atoms with Crippen LogP contribution >= 0.6 is 23.2 Å². The van der Waals surface area contributed by atoms with E-state index in [4.69, 9.17) is 33.4 Å². The molecule has 3 aromatic rings. The molecular weight excluding hydrogens is 377 g/mol. The van der Waals surface area contributed by atoms with Gasteiger partial charge in [-0.3, -0.25) is 15.1 Å². The minimum Gasteiger partial charge on any atom is -0.453 e. The number of hydrogen-bond acceptors (Lipinski definition) is 4. The highest BCUT2D eigenvalue weighted by molar-refractivity contribution is 6.42. The number of furan rings is 1. The zero-order valence-corrected chi connectivity index (χ0v) is 14.9. The molecule has 0 unspecified atom stereocenters. The Labute approximate surface area is 159 Å². The van der Waals surface area contributed by atoms with Gasteiger partial charge in [0.1, 0.15) is 5.76 Å². The molecule has 0 radical (unpaired) electrons. The summed E-state index contributed by atoms with van der Waals surface area (Å²) in [7, 11) is 0. The molecule has 0 aliphatic heterocycles. The highest BCUT2D eigenvalue weighted by atomic mass is 35.5. The van der Waals surface area contributed by atoms with Gasteiger partial charge in [0.15, 0.2) is 11.6 Å². The zero-order chi connectivity index (χ0) is 18.7. The quantitative estimate of drug-likeness (QED) is 0.285. The lowest BCUT2D eigenvalue weighted by atomic mass is 10.1. The molecule has 8 heteroatoms. The first-order chi connectivity index (χ1) is 12.5. The monoisotopic (exact) mass is 389 g/mol. The maximum Gasteiger partial charge on any atom is 0.280 e. The summed E-state index contributed by atoms with van der Waals surface area (Å²) in [4.78, 5) is 14.9. The van der Waals surface area contributed by atoms with E-state index in [9.17, 15) is 10.1 Å². The highest BCUT2D eigenvalue weighted by Crippen LogP contribution is 2.30. The SMILES string of the molecule is NC(=NCc1ccc(Cl)c(Cl)c1)c1ccc(-c2ccccc2[N+](=O)[O-])o1. The number of nitro groups is 1. The average molecular weight is 390 g/mol. The molecule has 0 bridgehead atoms. The van der Waals surface area contributed by atoms with E-state index < -0.39 is 4.92 Å². The van der Waals surface area contributed by atoms with Crippen LogP contribution in [0.4, 0.5) is 5.69 Å². The Morgan fingerprint density at radius 2 is 1.88 bits per heavy atom. The summed E-state index contributed by atoms with van der Waals surface area (Å²) < 4.78 is 5.65. The van der Waals surface area contributed by atoms with E-state index in [2.05, 4.69) is 4.99 Å². The largest absolute Gasteiger partial charge is 0.453 e. The van der Waals surface area contributed by atoms with Crippen LogP contribution in [-0.2, 0) is 6.54 Å². The Balaban J connectivity index is 1.83. The van der Waals surface area contributed by atoms with Crippen LogP contribution in [0.3, 0.4) is 0 Å². The van der Waals surface area contributed by atoms with Crippen LogP contribution in [-0.4, -0.2) is 10.8 Å². The third kappa shape index (κ3) is 3.87. The number of rotatable bonds is 5. The molecule has 1 heterocycles. The molecule has 0 saturated carbocycles. The van der Waals surface area contributed by atoms with Crippen LogP contribution < -0.4 is 5.73 Å². The van der Waals surface area contributed by atoms with Crippen molar-refractivity contribution < 1.29 is 9.34 Å². The van der Waals surface area contributed by atoms with E-state index in [1.165, 1.54) is 6.07 Å². The Bertz CT molecular complexity index is 999. The van der Waals surface area contributed by atoms with Gasteiger partial charge in [-0.1, -0.05) is 41.4 Å². The number of para-hydroxylation sites is 1. The van der Waals surface area contributed by atoms with Crippen molar-refractivity contribution in [2.24, 2.45) is 10.7 Å². The van der Waals surface area contributed by atoms with Gasteiger partial charge in [-0.25, -0.2) is 0 Å². The lowest BCUT2D eigenvalue weighted by Crippen LogP contribution is -2.12. The number of nitro benzene ring substituents is 1.